The maximum absolute atomic E-state index is 12.2. The number of fused-ring (bicyclic) bond motifs is 3. The Morgan fingerprint density at radius 1 is 1.40 bits per heavy atom. The molecule has 0 saturated carbocycles. The van der Waals surface area contributed by atoms with E-state index in [9.17, 15) is 14.7 Å². The molecule has 0 aromatic heterocycles. The van der Waals surface area contributed by atoms with Crippen LogP contribution in [-0.2, 0) is 23.8 Å². The third kappa shape index (κ3) is 3.22. The van der Waals surface area contributed by atoms with Crippen molar-refractivity contribution < 1.29 is 28.9 Å². The third-order valence-electron chi connectivity index (χ3n) is 5.89. The van der Waals surface area contributed by atoms with Crippen LogP contribution in [0.4, 0.5) is 0 Å². The average Bonchev–Trinajstić information content (AvgIpc) is 2.97. The van der Waals surface area contributed by atoms with Gasteiger partial charge in [0.15, 0.2) is 5.79 Å². The monoisotopic (exact) mass is 352 g/mol. The van der Waals surface area contributed by atoms with E-state index in [1.54, 1.807) is 13.8 Å². The molecule has 140 valence electrons. The minimum absolute atomic E-state index is 0.208. The molecule has 25 heavy (non-hydrogen) atoms. The van der Waals surface area contributed by atoms with E-state index in [4.69, 9.17) is 14.2 Å². The Balaban J connectivity index is 1.97. The van der Waals surface area contributed by atoms with Gasteiger partial charge in [-0.2, -0.15) is 0 Å². The quantitative estimate of drug-likeness (QED) is 0.607. The Morgan fingerprint density at radius 2 is 2.08 bits per heavy atom. The van der Waals surface area contributed by atoms with Crippen molar-refractivity contribution in [3.8, 4) is 0 Å². The van der Waals surface area contributed by atoms with Crippen LogP contribution in [-0.4, -0.2) is 40.6 Å². The maximum atomic E-state index is 12.2. The number of hydrogen-bond donors (Lipinski definition) is 1. The summed E-state index contributed by atoms with van der Waals surface area (Å²) >= 11 is 0. The topological polar surface area (TPSA) is 82.1 Å². The smallest absolute Gasteiger partial charge is 0.334 e. The summed E-state index contributed by atoms with van der Waals surface area (Å²) in [6.45, 7) is 11.3. The van der Waals surface area contributed by atoms with E-state index in [1.165, 1.54) is 0 Å². The first-order valence-corrected chi connectivity index (χ1v) is 9.07. The van der Waals surface area contributed by atoms with Crippen molar-refractivity contribution in [2.75, 3.05) is 0 Å². The number of carbonyl (C=O) groups is 2. The molecular weight excluding hydrogens is 324 g/mol. The molecule has 3 rings (SSSR count). The summed E-state index contributed by atoms with van der Waals surface area (Å²) in [4.78, 5) is 24.3. The predicted molar refractivity (Wildman–Crippen MR) is 89.3 cm³/mol. The highest BCUT2D eigenvalue weighted by Crippen LogP contribution is 2.49. The molecule has 0 aromatic carbocycles. The van der Waals surface area contributed by atoms with E-state index < -0.39 is 35.5 Å². The number of esters is 2. The largest absolute Gasteiger partial charge is 0.461 e. The van der Waals surface area contributed by atoms with Crippen LogP contribution in [0.2, 0.25) is 0 Å². The Hall–Kier alpha value is -1.40. The molecule has 6 heteroatoms. The number of aliphatic hydroxyl groups is 1. The summed E-state index contributed by atoms with van der Waals surface area (Å²) in [5, 5.41) is 10.9. The Labute approximate surface area is 148 Å². The summed E-state index contributed by atoms with van der Waals surface area (Å²) in [6, 6.07) is 0. The van der Waals surface area contributed by atoms with Gasteiger partial charge in [0.25, 0.3) is 0 Å². The molecule has 0 amide bonds. The first-order valence-electron chi connectivity index (χ1n) is 9.07. The van der Waals surface area contributed by atoms with Crippen LogP contribution in [0.25, 0.3) is 0 Å². The molecule has 0 radical (unpaired) electrons. The van der Waals surface area contributed by atoms with E-state index in [0.717, 1.165) is 0 Å². The van der Waals surface area contributed by atoms with Gasteiger partial charge >= 0.3 is 11.9 Å². The lowest BCUT2D eigenvalue weighted by atomic mass is 9.78. The van der Waals surface area contributed by atoms with Gasteiger partial charge in [0.2, 0.25) is 0 Å². The van der Waals surface area contributed by atoms with E-state index in [1.807, 2.05) is 13.8 Å². The van der Waals surface area contributed by atoms with Crippen molar-refractivity contribution in [2.45, 2.75) is 77.0 Å². The van der Waals surface area contributed by atoms with Gasteiger partial charge in [-0.1, -0.05) is 27.4 Å². The first kappa shape index (κ1) is 18.4. The van der Waals surface area contributed by atoms with Crippen molar-refractivity contribution in [1.29, 1.82) is 0 Å². The van der Waals surface area contributed by atoms with Gasteiger partial charge in [-0.25, -0.2) is 4.79 Å². The zero-order valence-corrected chi connectivity index (χ0v) is 15.4. The van der Waals surface area contributed by atoms with Crippen LogP contribution in [0.1, 0.15) is 53.4 Å². The molecule has 3 aliphatic rings. The average molecular weight is 352 g/mol. The molecule has 6 nitrogen and oxygen atoms in total. The van der Waals surface area contributed by atoms with Gasteiger partial charge in [0, 0.05) is 24.3 Å². The molecule has 2 bridgehead atoms. The zero-order chi connectivity index (χ0) is 18.6. The van der Waals surface area contributed by atoms with Gasteiger partial charge < -0.3 is 19.3 Å². The third-order valence-corrected chi connectivity index (χ3v) is 5.89. The first-order chi connectivity index (χ1) is 11.5. The van der Waals surface area contributed by atoms with Gasteiger partial charge in [-0.15, -0.1) is 0 Å². The second-order valence-corrected chi connectivity index (χ2v) is 8.36. The van der Waals surface area contributed by atoms with E-state index >= 15 is 0 Å². The highest BCUT2D eigenvalue weighted by molar-refractivity contribution is 5.91. The fraction of sp³-hybridized carbons (Fsp3) is 0.789. The number of ether oxygens (including phenoxy) is 3. The number of rotatable bonds is 2. The lowest BCUT2D eigenvalue weighted by Gasteiger charge is -2.33. The SMILES string of the molecule is C=C1C(=O)O[C@@H]2C[C@H](C)[C@@]3(O)CC[C@@](C)(C[C@H](OC(=O)C(C)C)[C@H]12)O3. The molecule has 1 N–H and O–H groups in total. The molecular formula is C19H28O6. The fourth-order valence-electron chi connectivity index (χ4n) is 4.25. The van der Waals surface area contributed by atoms with Crippen LogP contribution >= 0.6 is 0 Å². The lowest BCUT2D eigenvalue weighted by Crippen LogP contribution is -2.40. The molecule has 3 fully saturated rings. The number of carbonyl (C=O) groups excluding carboxylic acids is 2. The minimum Gasteiger partial charge on any atom is -0.461 e. The standard InChI is InChI=1S/C19H28O6/c1-10(2)16(20)24-14-9-18(5)6-7-19(22,25-18)11(3)8-13-15(14)12(4)17(21)23-13/h10-11,13-15,22H,4,6-9H2,1-3,5H3/t11-,13+,14-,15+,18-,19+/m0/s1. The molecule has 3 saturated heterocycles. The fourth-order valence-corrected chi connectivity index (χ4v) is 4.25. The predicted octanol–water partition coefficient (Wildman–Crippen LogP) is 2.34. The Morgan fingerprint density at radius 3 is 2.72 bits per heavy atom. The van der Waals surface area contributed by atoms with Gasteiger partial charge in [0.05, 0.1) is 17.4 Å². The van der Waals surface area contributed by atoms with Gasteiger partial charge in [0.1, 0.15) is 12.2 Å². The van der Waals surface area contributed by atoms with Crippen LogP contribution in [0.15, 0.2) is 12.2 Å². The summed E-state index contributed by atoms with van der Waals surface area (Å²) in [7, 11) is 0. The van der Waals surface area contributed by atoms with Gasteiger partial charge in [-0.05, 0) is 19.8 Å². The summed E-state index contributed by atoms with van der Waals surface area (Å²) in [5.74, 6) is -2.89. The number of hydrogen-bond acceptors (Lipinski definition) is 6. The maximum Gasteiger partial charge on any atom is 0.334 e. The lowest BCUT2D eigenvalue weighted by molar-refractivity contribution is -0.250. The van der Waals surface area contributed by atoms with E-state index in [2.05, 4.69) is 6.58 Å². The molecule has 0 spiro atoms. The van der Waals surface area contributed by atoms with E-state index in [-0.39, 0.29) is 17.8 Å². The summed E-state index contributed by atoms with van der Waals surface area (Å²) < 4.78 is 17.3. The second-order valence-electron chi connectivity index (χ2n) is 8.36. The van der Waals surface area contributed by atoms with E-state index in [0.29, 0.717) is 31.3 Å². The highest BCUT2D eigenvalue weighted by Gasteiger charge is 2.56. The molecule has 0 aliphatic carbocycles. The molecule has 0 aromatic rings. The van der Waals surface area contributed by atoms with Crippen molar-refractivity contribution >= 4 is 11.9 Å². The van der Waals surface area contributed by atoms with Crippen molar-refractivity contribution in [3.05, 3.63) is 12.2 Å². The normalized spacial score (nSPS) is 43.9. The summed E-state index contributed by atoms with van der Waals surface area (Å²) in [5.41, 5.74) is -0.279. The van der Waals surface area contributed by atoms with Crippen LogP contribution in [0, 0.1) is 17.8 Å². The molecule has 3 heterocycles. The van der Waals surface area contributed by atoms with Gasteiger partial charge in [-0.3, -0.25) is 4.79 Å². The molecule has 3 aliphatic heterocycles. The van der Waals surface area contributed by atoms with Crippen LogP contribution in [0.5, 0.6) is 0 Å². The Kier molecular flexibility index (Phi) is 4.48. The molecule has 0 unspecified atom stereocenters. The van der Waals surface area contributed by atoms with Crippen molar-refractivity contribution in [1.82, 2.24) is 0 Å². The van der Waals surface area contributed by atoms with Crippen LogP contribution < -0.4 is 0 Å². The zero-order valence-electron chi connectivity index (χ0n) is 15.4. The van der Waals surface area contributed by atoms with Crippen molar-refractivity contribution in [3.63, 3.8) is 0 Å². The summed E-state index contributed by atoms with van der Waals surface area (Å²) in [6.07, 6.45) is 1.01. The minimum atomic E-state index is -1.24. The van der Waals surface area contributed by atoms with Crippen molar-refractivity contribution in [2.24, 2.45) is 17.8 Å². The highest BCUT2D eigenvalue weighted by atomic mass is 16.6. The van der Waals surface area contributed by atoms with Crippen LogP contribution in [0.3, 0.4) is 0 Å². The second kappa shape index (κ2) is 6.09. The Bertz CT molecular complexity index is 599. The molecule has 6 atom stereocenters.